The molecule has 2 heterocycles. The van der Waals surface area contributed by atoms with Crippen molar-refractivity contribution in [2.75, 3.05) is 36.5 Å². The fourth-order valence-corrected chi connectivity index (χ4v) is 3.75. The van der Waals surface area contributed by atoms with E-state index in [1.807, 2.05) is 17.8 Å². The molecule has 2 amide bonds. The number of hydrogen-bond donors (Lipinski definition) is 2. The lowest BCUT2D eigenvalue weighted by Crippen LogP contribution is -2.44. The zero-order valence-corrected chi connectivity index (χ0v) is 15.2. The van der Waals surface area contributed by atoms with Crippen LogP contribution in [-0.2, 0) is 9.59 Å². The number of benzene rings is 1. The molecule has 144 valence electrons. The van der Waals surface area contributed by atoms with E-state index < -0.39 is 23.4 Å². The third kappa shape index (κ3) is 5.08. The van der Waals surface area contributed by atoms with Crippen molar-refractivity contribution in [3.05, 3.63) is 54.0 Å². The average molecular weight is 395 g/mol. The lowest BCUT2D eigenvalue weighted by molar-refractivity contribution is -0.136. The van der Waals surface area contributed by atoms with Gasteiger partial charge in [-0.1, -0.05) is 0 Å². The molecule has 0 bridgehead atoms. The van der Waals surface area contributed by atoms with Crippen molar-refractivity contribution in [3.8, 4) is 0 Å². The fourth-order valence-electron chi connectivity index (χ4n) is 2.82. The molecule has 1 aromatic heterocycles. The van der Waals surface area contributed by atoms with Crippen LogP contribution < -0.4 is 10.6 Å². The van der Waals surface area contributed by atoms with E-state index in [0.29, 0.717) is 11.8 Å². The number of halogens is 2. The van der Waals surface area contributed by atoms with Crippen LogP contribution in [0.1, 0.15) is 11.8 Å². The maximum absolute atomic E-state index is 13.6. The van der Waals surface area contributed by atoms with Gasteiger partial charge >= 0.3 is 11.8 Å². The Balaban J connectivity index is 1.60. The van der Waals surface area contributed by atoms with Crippen LogP contribution >= 0.6 is 11.8 Å². The lowest BCUT2D eigenvalue weighted by atomic mass is 10.2. The quantitative estimate of drug-likeness (QED) is 0.761. The monoisotopic (exact) mass is 395 g/mol. The van der Waals surface area contributed by atoms with Gasteiger partial charge in [0.05, 0.1) is 18.0 Å². The van der Waals surface area contributed by atoms with Crippen LogP contribution in [0.25, 0.3) is 0 Å². The molecule has 9 heteroatoms. The second-order valence-electron chi connectivity index (χ2n) is 5.97. The van der Waals surface area contributed by atoms with Crippen molar-refractivity contribution < 1.29 is 22.8 Å². The third-order valence-electron chi connectivity index (χ3n) is 4.20. The summed E-state index contributed by atoms with van der Waals surface area (Å²) in [5.41, 5.74) is -0.257. The van der Waals surface area contributed by atoms with E-state index in [0.717, 1.165) is 36.7 Å². The summed E-state index contributed by atoms with van der Waals surface area (Å²) in [6.07, 6.45) is 1.56. The number of amides is 2. The first kappa shape index (κ1) is 19.4. The molecule has 1 aliphatic rings. The highest BCUT2D eigenvalue weighted by Gasteiger charge is 2.26. The molecule has 1 atom stereocenters. The zero-order valence-electron chi connectivity index (χ0n) is 14.4. The Morgan fingerprint density at radius 2 is 1.96 bits per heavy atom. The Morgan fingerprint density at radius 1 is 1.19 bits per heavy atom. The van der Waals surface area contributed by atoms with Crippen molar-refractivity contribution in [1.29, 1.82) is 0 Å². The lowest BCUT2D eigenvalue weighted by Gasteiger charge is -2.33. The minimum absolute atomic E-state index is 0.177. The highest BCUT2D eigenvalue weighted by atomic mass is 32.2. The van der Waals surface area contributed by atoms with Gasteiger partial charge in [0.25, 0.3) is 0 Å². The van der Waals surface area contributed by atoms with Crippen LogP contribution in [0.3, 0.4) is 0 Å². The number of carbonyl (C=O) groups is 2. The van der Waals surface area contributed by atoms with Crippen molar-refractivity contribution in [2.24, 2.45) is 0 Å². The van der Waals surface area contributed by atoms with E-state index in [1.165, 1.54) is 0 Å². The number of nitrogens with zero attached hydrogens (tertiary/aromatic N) is 1. The van der Waals surface area contributed by atoms with Gasteiger partial charge in [-0.25, -0.2) is 8.78 Å². The molecule has 1 saturated heterocycles. The third-order valence-corrected chi connectivity index (χ3v) is 5.14. The summed E-state index contributed by atoms with van der Waals surface area (Å²) < 4.78 is 32.0. The highest BCUT2D eigenvalue weighted by molar-refractivity contribution is 7.99. The molecule has 1 aliphatic heterocycles. The first-order valence-corrected chi connectivity index (χ1v) is 9.59. The molecule has 2 aromatic rings. The first-order valence-electron chi connectivity index (χ1n) is 8.44. The van der Waals surface area contributed by atoms with Gasteiger partial charge in [0.1, 0.15) is 17.4 Å². The Labute approximate surface area is 159 Å². The Morgan fingerprint density at radius 3 is 2.63 bits per heavy atom. The molecule has 1 aromatic carbocycles. The van der Waals surface area contributed by atoms with Gasteiger partial charge in [0.2, 0.25) is 0 Å². The van der Waals surface area contributed by atoms with Crippen molar-refractivity contribution in [3.63, 3.8) is 0 Å². The number of carbonyl (C=O) groups excluding carboxylic acids is 2. The van der Waals surface area contributed by atoms with Crippen molar-refractivity contribution >= 4 is 29.3 Å². The van der Waals surface area contributed by atoms with Gasteiger partial charge < -0.3 is 15.1 Å². The number of thioether (sulfide) groups is 1. The maximum Gasteiger partial charge on any atom is 0.313 e. The minimum Gasteiger partial charge on any atom is -0.468 e. The topological polar surface area (TPSA) is 74.6 Å². The van der Waals surface area contributed by atoms with Gasteiger partial charge in [0.15, 0.2) is 0 Å². The summed E-state index contributed by atoms with van der Waals surface area (Å²) in [5.74, 6) is -0.974. The molecule has 6 nitrogen and oxygen atoms in total. The van der Waals surface area contributed by atoms with E-state index in [4.69, 9.17) is 4.42 Å². The Hall–Kier alpha value is -2.39. The standard InChI is InChI=1S/C18H19F2N3O3S/c19-12-3-4-14(13(20)10-12)22-18(25)17(24)21-11-15(16-2-1-7-26-16)23-5-8-27-9-6-23/h1-4,7,10,15H,5-6,8-9,11H2,(H,21,24)(H,22,25). The molecular weight excluding hydrogens is 376 g/mol. The predicted octanol–water partition coefficient (Wildman–Crippen LogP) is 2.40. The summed E-state index contributed by atoms with van der Waals surface area (Å²) in [7, 11) is 0. The number of anilines is 1. The molecule has 27 heavy (non-hydrogen) atoms. The summed E-state index contributed by atoms with van der Waals surface area (Å²) >= 11 is 1.86. The smallest absolute Gasteiger partial charge is 0.313 e. The summed E-state index contributed by atoms with van der Waals surface area (Å²) in [6.45, 7) is 1.87. The Bertz CT molecular complexity index is 795. The van der Waals surface area contributed by atoms with Gasteiger partial charge in [0, 0.05) is 37.2 Å². The summed E-state index contributed by atoms with van der Waals surface area (Å²) in [6, 6.07) is 6.10. The van der Waals surface area contributed by atoms with Gasteiger partial charge in [-0.3, -0.25) is 14.5 Å². The summed E-state index contributed by atoms with van der Waals surface area (Å²) in [5, 5.41) is 4.71. The van der Waals surface area contributed by atoms with E-state index in [-0.39, 0.29) is 18.3 Å². The second kappa shape index (κ2) is 9.01. The van der Waals surface area contributed by atoms with Crippen LogP contribution in [0.4, 0.5) is 14.5 Å². The number of rotatable bonds is 5. The van der Waals surface area contributed by atoms with Gasteiger partial charge in [-0.15, -0.1) is 0 Å². The molecule has 0 radical (unpaired) electrons. The van der Waals surface area contributed by atoms with E-state index >= 15 is 0 Å². The number of nitrogens with one attached hydrogen (secondary N) is 2. The van der Waals surface area contributed by atoms with Crippen LogP contribution in [0.2, 0.25) is 0 Å². The van der Waals surface area contributed by atoms with Gasteiger partial charge in [-0.05, 0) is 24.3 Å². The van der Waals surface area contributed by atoms with Crippen molar-refractivity contribution in [1.82, 2.24) is 10.2 Å². The van der Waals surface area contributed by atoms with E-state index in [2.05, 4.69) is 15.5 Å². The molecule has 1 fully saturated rings. The molecule has 2 N–H and O–H groups in total. The first-order chi connectivity index (χ1) is 13.0. The van der Waals surface area contributed by atoms with Crippen LogP contribution in [0.15, 0.2) is 41.0 Å². The normalized spacial score (nSPS) is 15.9. The van der Waals surface area contributed by atoms with E-state index in [9.17, 15) is 18.4 Å². The highest BCUT2D eigenvalue weighted by Crippen LogP contribution is 2.24. The zero-order chi connectivity index (χ0) is 19.2. The van der Waals surface area contributed by atoms with Crippen LogP contribution in [-0.4, -0.2) is 47.9 Å². The van der Waals surface area contributed by atoms with Gasteiger partial charge in [-0.2, -0.15) is 11.8 Å². The van der Waals surface area contributed by atoms with Crippen LogP contribution in [0, 0.1) is 11.6 Å². The van der Waals surface area contributed by atoms with Crippen molar-refractivity contribution in [2.45, 2.75) is 6.04 Å². The minimum atomic E-state index is -1.02. The molecule has 0 aliphatic carbocycles. The molecule has 0 spiro atoms. The largest absolute Gasteiger partial charge is 0.468 e. The molecule has 1 unspecified atom stereocenters. The second-order valence-corrected chi connectivity index (χ2v) is 7.19. The molecule has 0 saturated carbocycles. The fraction of sp³-hybridized carbons (Fsp3) is 0.333. The summed E-state index contributed by atoms with van der Waals surface area (Å²) in [4.78, 5) is 26.3. The molecule has 3 rings (SSSR count). The average Bonchev–Trinajstić information content (AvgIpc) is 3.19. The number of furan rings is 1. The number of hydrogen-bond acceptors (Lipinski definition) is 5. The Kier molecular flexibility index (Phi) is 6.46. The maximum atomic E-state index is 13.6. The molecular formula is C18H19F2N3O3S. The predicted molar refractivity (Wildman–Crippen MR) is 98.3 cm³/mol. The van der Waals surface area contributed by atoms with E-state index in [1.54, 1.807) is 12.3 Å². The SMILES string of the molecule is O=C(NCC(c1ccco1)N1CCSCC1)C(=O)Nc1ccc(F)cc1F. The van der Waals surface area contributed by atoms with Crippen LogP contribution in [0.5, 0.6) is 0 Å².